The summed E-state index contributed by atoms with van der Waals surface area (Å²) >= 11 is 0. The largest absolute Gasteiger partial charge is 0.491 e. The molecule has 0 bridgehead atoms. The summed E-state index contributed by atoms with van der Waals surface area (Å²) in [5.74, 6) is 0.461. The van der Waals surface area contributed by atoms with Gasteiger partial charge in [-0.1, -0.05) is 12.1 Å². The van der Waals surface area contributed by atoms with E-state index in [1.807, 2.05) is 38.1 Å². The maximum Gasteiger partial charge on any atom is 0.163 e. The van der Waals surface area contributed by atoms with Crippen molar-refractivity contribution in [2.75, 3.05) is 0 Å². The van der Waals surface area contributed by atoms with Gasteiger partial charge in [-0.15, -0.1) is 0 Å². The van der Waals surface area contributed by atoms with Crippen molar-refractivity contribution in [1.29, 1.82) is 0 Å². The molecule has 3 nitrogen and oxygen atoms in total. The number of hydrogen-bond donors (Lipinski definition) is 0. The number of ether oxygens (including phenoxy) is 2. The smallest absolute Gasteiger partial charge is 0.163 e. The molecule has 0 saturated heterocycles. The molecule has 0 amide bonds. The van der Waals surface area contributed by atoms with E-state index in [1.165, 1.54) is 25.1 Å². The Kier molecular flexibility index (Phi) is 5.15. The molecule has 0 heterocycles. The first-order valence-electron chi connectivity index (χ1n) is 7.14. The third kappa shape index (κ3) is 4.32. The first kappa shape index (κ1) is 16.0. The van der Waals surface area contributed by atoms with Crippen molar-refractivity contribution >= 4 is 5.78 Å². The number of halogens is 1. The minimum absolute atomic E-state index is 0.0950. The van der Waals surface area contributed by atoms with Crippen molar-refractivity contribution in [3.8, 4) is 11.5 Å². The second-order valence-electron chi connectivity index (χ2n) is 5.30. The topological polar surface area (TPSA) is 35.5 Å². The highest BCUT2D eigenvalue weighted by molar-refractivity contribution is 5.96. The number of ketones is 1. The second kappa shape index (κ2) is 7.07. The predicted molar refractivity (Wildman–Crippen MR) is 82.9 cm³/mol. The molecule has 4 heteroatoms. The van der Waals surface area contributed by atoms with Crippen LogP contribution in [-0.2, 0) is 6.61 Å². The van der Waals surface area contributed by atoms with Crippen molar-refractivity contribution < 1.29 is 18.7 Å². The Morgan fingerprint density at radius 3 is 2.64 bits per heavy atom. The van der Waals surface area contributed by atoms with Gasteiger partial charge in [-0.2, -0.15) is 0 Å². The number of carbonyl (C=O) groups is 1. The molecule has 0 atom stereocenters. The fourth-order valence-corrected chi connectivity index (χ4v) is 2.05. The zero-order valence-corrected chi connectivity index (χ0v) is 12.9. The zero-order valence-electron chi connectivity index (χ0n) is 12.9. The molecule has 0 unspecified atom stereocenters. The van der Waals surface area contributed by atoms with Crippen molar-refractivity contribution in [2.45, 2.75) is 33.5 Å². The normalized spacial score (nSPS) is 10.6. The van der Waals surface area contributed by atoms with Crippen LogP contribution in [0, 0.1) is 5.82 Å². The highest BCUT2D eigenvalue weighted by atomic mass is 19.1. The Hall–Kier alpha value is -2.36. The quantitative estimate of drug-likeness (QED) is 0.742. The summed E-state index contributed by atoms with van der Waals surface area (Å²) < 4.78 is 24.5. The number of rotatable bonds is 6. The monoisotopic (exact) mass is 302 g/mol. The van der Waals surface area contributed by atoms with Crippen LogP contribution in [0.5, 0.6) is 11.5 Å². The average molecular weight is 302 g/mol. The van der Waals surface area contributed by atoms with Gasteiger partial charge >= 0.3 is 0 Å². The molecule has 0 aliphatic carbocycles. The fourth-order valence-electron chi connectivity index (χ4n) is 2.05. The van der Waals surface area contributed by atoms with Crippen molar-refractivity contribution in [3.05, 3.63) is 59.4 Å². The molecule has 0 saturated carbocycles. The van der Waals surface area contributed by atoms with Crippen LogP contribution in [-0.4, -0.2) is 11.9 Å². The molecular formula is C18H19FO3. The Morgan fingerprint density at radius 1 is 1.18 bits per heavy atom. The third-order valence-corrected chi connectivity index (χ3v) is 2.99. The number of carbonyl (C=O) groups excluding carboxylic acids is 1. The van der Waals surface area contributed by atoms with Crippen LogP contribution in [0.15, 0.2) is 42.5 Å². The van der Waals surface area contributed by atoms with Crippen LogP contribution in [0.3, 0.4) is 0 Å². The highest BCUT2D eigenvalue weighted by Gasteiger charge is 2.10. The van der Waals surface area contributed by atoms with Gasteiger partial charge in [0.2, 0.25) is 0 Å². The fraction of sp³-hybridized carbons (Fsp3) is 0.278. The molecule has 2 aromatic rings. The molecule has 0 aliphatic heterocycles. The summed E-state index contributed by atoms with van der Waals surface area (Å²) in [5, 5.41) is 0. The minimum Gasteiger partial charge on any atom is -0.491 e. The Labute approximate surface area is 129 Å². The highest BCUT2D eigenvalue weighted by Crippen LogP contribution is 2.22. The summed E-state index contributed by atoms with van der Waals surface area (Å²) in [6.07, 6.45) is 0.0950. The lowest BCUT2D eigenvalue weighted by molar-refractivity contribution is 0.101. The van der Waals surface area contributed by atoms with Crippen LogP contribution in [0.25, 0.3) is 0 Å². The van der Waals surface area contributed by atoms with Crippen molar-refractivity contribution in [3.63, 3.8) is 0 Å². The minimum atomic E-state index is -0.454. The average Bonchev–Trinajstić information content (AvgIpc) is 2.45. The first-order chi connectivity index (χ1) is 10.5. The van der Waals surface area contributed by atoms with E-state index in [0.717, 1.165) is 11.3 Å². The number of hydrogen-bond acceptors (Lipinski definition) is 3. The molecule has 0 aliphatic rings. The van der Waals surface area contributed by atoms with Gasteiger partial charge in [-0.05, 0) is 56.7 Å². The molecular weight excluding hydrogens is 283 g/mol. The van der Waals surface area contributed by atoms with E-state index < -0.39 is 5.82 Å². The van der Waals surface area contributed by atoms with Crippen LogP contribution in [0.2, 0.25) is 0 Å². The molecule has 0 spiro atoms. The van der Waals surface area contributed by atoms with E-state index in [2.05, 4.69) is 0 Å². The van der Waals surface area contributed by atoms with Gasteiger partial charge in [0.15, 0.2) is 5.78 Å². The molecule has 22 heavy (non-hydrogen) atoms. The van der Waals surface area contributed by atoms with E-state index in [-0.39, 0.29) is 24.1 Å². The Morgan fingerprint density at radius 2 is 1.95 bits per heavy atom. The number of Topliss-reactive ketones (excluding diaryl/α,β-unsaturated/α-hetero) is 1. The maximum atomic E-state index is 13.2. The molecule has 2 aromatic carbocycles. The summed E-state index contributed by atoms with van der Waals surface area (Å²) in [6, 6.07) is 11.5. The lowest BCUT2D eigenvalue weighted by Crippen LogP contribution is -2.06. The lowest BCUT2D eigenvalue weighted by atomic mass is 10.1. The van der Waals surface area contributed by atoms with Gasteiger partial charge in [0.25, 0.3) is 0 Å². The zero-order chi connectivity index (χ0) is 16.1. The summed E-state index contributed by atoms with van der Waals surface area (Å²) in [7, 11) is 0. The van der Waals surface area contributed by atoms with Crippen LogP contribution < -0.4 is 9.47 Å². The standard InChI is InChI=1S/C18H19FO3/c1-12(2)22-16-6-4-5-14(9-16)11-21-18-8-7-15(19)10-17(18)13(3)20/h4-10,12H,11H2,1-3H3. The summed E-state index contributed by atoms with van der Waals surface area (Å²) in [5.41, 5.74) is 1.16. The molecule has 0 aromatic heterocycles. The second-order valence-corrected chi connectivity index (χ2v) is 5.30. The Bertz CT molecular complexity index is 665. The van der Waals surface area contributed by atoms with Gasteiger partial charge in [0.1, 0.15) is 23.9 Å². The van der Waals surface area contributed by atoms with Gasteiger partial charge in [-0.25, -0.2) is 4.39 Å². The molecule has 116 valence electrons. The molecule has 0 fully saturated rings. The first-order valence-corrected chi connectivity index (χ1v) is 7.14. The van der Waals surface area contributed by atoms with Gasteiger partial charge in [-0.3, -0.25) is 4.79 Å². The van der Waals surface area contributed by atoms with Crippen LogP contribution in [0.1, 0.15) is 36.7 Å². The van der Waals surface area contributed by atoms with E-state index in [1.54, 1.807) is 0 Å². The predicted octanol–water partition coefficient (Wildman–Crippen LogP) is 4.39. The summed E-state index contributed by atoms with van der Waals surface area (Å²) in [6.45, 7) is 5.58. The van der Waals surface area contributed by atoms with E-state index in [0.29, 0.717) is 5.75 Å². The van der Waals surface area contributed by atoms with E-state index >= 15 is 0 Å². The summed E-state index contributed by atoms with van der Waals surface area (Å²) in [4.78, 5) is 11.5. The Balaban J connectivity index is 2.12. The van der Waals surface area contributed by atoms with Gasteiger partial charge in [0, 0.05) is 0 Å². The van der Waals surface area contributed by atoms with Crippen LogP contribution in [0.4, 0.5) is 4.39 Å². The van der Waals surface area contributed by atoms with Crippen molar-refractivity contribution in [2.24, 2.45) is 0 Å². The number of benzene rings is 2. The van der Waals surface area contributed by atoms with E-state index in [4.69, 9.17) is 9.47 Å². The molecule has 0 radical (unpaired) electrons. The molecule has 2 rings (SSSR count). The van der Waals surface area contributed by atoms with Gasteiger partial charge in [0.05, 0.1) is 11.7 Å². The lowest BCUT2D eigenvalue weighted by Gasteiger charge is -2.12. The van der Waals surface area contributed by atoms with E-state index in [9.17, 15) is 9.18 Å². The van der Waals surface area contributed by atoms with Crippen molar-refractivity contribution in [1.82, 2.24) is 0 Å². The van der Waals surface area contributed by atoms with Crippen LogP contribution >= 0.6 is 0 Å². The van der Waals surface area contributed by atoms with Gasteiger partial charge < -0.3 is 9.47 Å². The maximum absolute atomic E-state index is 13.2. The SMILES string of the molecule is CC(=O)c1cc(F)ccc1OCc1cccc(OC(C)C)c1. The third-order valence-electron chi connectivity index (χ3n) is 2.99. The molecule has 0 N–H and O–H groups in total.